The maximum Gasteiger partial charge on any atom is 0.115 e. The number of nitrogens with zero attached hydrogens (tertiary/aromatic N) is 1. The fourth-order valence-electron chi connectivity index (χ4n) is 2.08. The van der Waals surface area contributed by atoms with E-state index in [2.05, 4.69) is 4.90 Å². The summed E-state index contributed by atoms with van der Waals surface area (Å²) in [6, 6.07) is 6.40. The molecule has 6 nitrogen and oxygen atoms in total. The number of hydrogen-bond acceptors (Lipinski definition) is 6. The van der Waals surface area contributed by atoms with Crippen LogP contribution in [-0.2, 0) is 14.2 Å². The van der Waals surface area contributed by atoms with Gasteiger partial charge >= 0.3 is 0 Å². The normalized spacial score (nSPS) is 28.7. The van der Waals surface area contributed by atoms with E-state index in [0.29, 0.717) is 24.0 Å². The Morgan fingerprint density at radius 3 is 1.57 bits per heavy atom. The molecular formula is C15H22N2O4. The number of rotatable bonds is 6. The molecule has 1 aromatic carbocycles. The molecule has 0 amide bonds. The number of ether oxygens (including phenoxy) is 3. The van der Waals surface area contributed by atoms with Crippen LogP contribution in [0.25, 0.3) is 0 Å². The third-order valence-electron chi connectivity index (χ3n) is 3.49. The van der Waals surface area contributed by atoms with Crippen LogP contribution >= 0.6 is 0 Å². The number of phenolic OH excluding ortho intramolecular Hbond substituents is 1. The molecule has 3 N–H and O–H groups in total. The standard InChI is InChI=1S/C9H15NO3.C6H7NO/c1(7-4-11-7)10(2-8-5-12-8)3-9-6-13-9;7-5-1-3-6(8)4-2-5/h7-9H,1-6H2;1-4,8H,7H2. The first kappa shape index (κ1) is 14.6. The van der Waals surface area contributed by atoms with Crippen molar-refractivity contribution in [2.75, 3.05) is 45.2 Å². The molecule has 116 valence electrons. The van der Waals surface area contributed by atoms with Crippen molar-refractivity contribution in [1.29, 1.82) is 0 Å². The Labute approximate surface area is 124 Å². The van der Waals surface area contributed by atoms with Crippen molar-refractivity contribution in [2.24, 2.45) is 0 Å². The Morgan fingerprint density at radius 2 is 1.29 bits per heavy atom. The molecule has 0 aliphatic carbocycles. The number of phenols is 1. The van der Waals surface area contributed by atoms with Gasteiger partial charge in [-0.15, -0.1) is 0 Å². The monoisotopic (exact) mass is 294 g/mol. The Morgan fingerprint density at radius 1 is 0.905 bits per heavy atom. The predicted octanol–water partition coefficient (Wildman–Crippen LogP) is 0.459. The van der Waals surface area contributed by atoms with Gasteiger partial charge < -0.3 is 25.1 Å². The van der Waals surface area contributed by atoms with Crippen molar-refractivity contribution in [2.45, 2.75) is 18.3 Å². The summed E-state index contributed by atoms with van der Waals surface area (Å²) in [5.41, 5.74) is 5.98. The lowest BCUT2D eigenvalue weighted by Crippen LogP contribution is -2.34. The van der Waals surface area contributed by atoms with E-state index >= 15 is 0 Å². The second-order valence-corrected chi connectivity index (χ2v) is 5.68. The number of nitrogens with two attached hydrogens (primary N) is 1. The SMILES string of the molecule is C1OC1CN(CC1CO1)CC1CO1.Nc1ccc(O)cc1. The van der Waals surface area contributed by atoms with Crippen molar-refractivity contribution >= 4 is 5.69 Å². The van der Waals surface area contributed by atoms with Crippen LogP contribution < -0.4 is 5.73 Å². The van der Waals surface area contributed by atoms with E-state index in [0.717, 1.165) is 39.5 Å². The van der Waals surface area contributed by atoms with E-state index in [1.54, 1.807) is 24.3 Å². The van der Waals surface area contributed by atoms with Gasteiger partial charge in [0.15, 0.2) is 0 Å². The Kier molecular flexibility index (Phi) is 4.60. The molecule has 3 aliphatic heterocycles. The van der Waals surface area contributed by atoms with Crippen LogP contribution in [0.1, 0.15) is 0 Å². The first-order valence-corrected chi connectivity index (χ1v) is 7.30. The molecule has 3 unspecified atom stereocenters. The third-order valence-corrected chi connectivity index (χ3v) is 3.49. The summed E-state index contributed by atoms with van der Waals surface area (Å²) in [6.45, 7) is 5.98. The molecule has 3 saturated heterocycles. The number of epoxide rings is 3. The van der Waals surface area contributed by atoms with Crippen molar-refractivity contribution in [3.05, 3.63) is 24.3 Å². The summed E-state index contributed by atoms with van der Waals surface area (Å²) in [4.78, 5) is 2.41. The van der Waals surface area contributed by atoms with Crippen molar-refractivity contribution in [3.63, 3.8) is 0 Å². The smallest absolute Gasteiger partial charge is 0.115 e. The lowest BCUT2D eigenvalue weighted by molar-refractivity contribution is 0.202. The largest absolute Gasteiger partial charge is 0.508 e. The van der Waals surface area contributed by atoms with Crippen LogP contribution in [0.2, 0.25) is 0 Å². The summed E-state index contributed by atoms with van der Waals surface area (Å²) in [7, 11) is 0. The molecule has 0 spiro atoms. The second-order valence-electron chi connectivity index (χ2n) is 5.68. The molecule has 3 fully saturated rings. The number of aromatic hydroxyl groups is 1. The van der Waals surface area contributed by atoms with E-state index in [-0.39, 0.29) is 5.75 Å². The average molecular weight is 294 g/mol. The van der Waals surface area contributed by atoms with E-state index in [1.807, 2.05) is 0 Å². The van der Waals surface area contributed by atoms with Gasteiger partial charge in [0, 0.05) is 25.3 Å². The van der Waals surface area contributed by atoms with Gasteiger partial charge in [-0.05, 0) is 24.3 Å². The number of anilines is 1. The Bertz CT molecular complexity index is 387. The van der Waals surface area contributed by atoms with Crippen LogP contribution in [0.15, 0.2) is 24.3 Å². The fourth-order valence-corrected chi connectivity index (χ4v) is 2.08. The number of hydrogen-bond donors (Lipinski definition) is 2. The zero-order valence-electron chi connectivity index (χ0n) is 12.0. The summed E-state index contributed by atoms with van der Waals surface area (Å²) >= 11 is 0. The van der Waals surface area contributed by atoms with Crippen LogP contribution in [0, 0.1) is 0 Å². The molecule has 1 aromatic rings. The fraction of sp³-hybridized carbons (Fsp3) is 0.600. The highest BCUT2D eigenvalue weighted by atomic mass is 16.6. The topological polar surface area (TPSA) is 87.1 Å². The van der Waals surface area contributed by atoms with Crippen LogP contribution in [0.4, 0.5) is 5.69 Å². The van der Waals surface area contributed by atoms with E-state index in [1.165, 1.54) is 0 Å². The van der Waals surface area contributed by atoms with Gasteiger partial charge in [-0.3, -0.25) is 4.90 Å². The van der Waals surface area contributed by atoms with Crippen molar-refractivity contribution in [1.82, 2.24) is 4.90 Å². The quantitative estimate of drug-likeness (QED) is 0.450. The average Bonchev–Trinajstić information content (AvgIpc) is 3.29. The van der Waals surface area contributed by atoms with Gasteiger partial charge in [0.2, 0.25) is 0 Å². The van der Waals surface area contributed by atoms with E-state index in [4.69, 9.17) is 25.1 Å². The molecular weight excluding hydrogens is 272 g/mol. The molecule has 0 aromatic heterocycles. The minimum absolute atomic E-state index is 0.249. The molecule has 21 heavy (non-hydrogen) atoms. The van der Waals surface area contributed by atoms with Gasteiger partial charge in [-0.2, -0.15) is 0 Å². The van der Waals surface area contributed by atoms with Gasteiger partial charge in [-0.1, -0.05) is 0 Å². The zero-order valence-corrected chi connectivity index (χ0v) is 12.0. The first-order chi connectivity index (χ1) is 10.2. The molecule has 6 heteroatoms. The summed E-state index contributed by atoms with van der Waals surface area (Å²) in [6.07, 6.45) is 1.45. The van der Waals surface area contributed by atoms with Crippen LogP contribution in [0.5, 0.6) is 5.75 Å². The second kappa shape index (κ2) is 6.62. The minimum atomic E-state index is 0.249. The lowest BCUT2D eigenvalue weighted by atomic mass is 10.3. The maximum atomic E-state index is 8.70. The third kappa shape index (κ3) is 5.89. The Hall–Kier alpha value is -1.34. The highest BCUT2D eigenvalue weighted by molar-refractivity contribution is 5.40. The number of nitrogen functional groups attached to an aromatic ring is 1. The number of benzene rings is 1. The predicted molar refractivity (Wildman–Crippen MR) is 78.2 cm³/mol. The first-order valence-electron chi connectivity index (χ1n) is 7.30. The van der Waals surface area contributed by atoms with Crippen molar-refractivity contribution in [3.8, 4) is 5.75 Å². The highest BCUT2D eigenvalue weighted by Crippen LogP contribution is 2.18. The Balaban J connectivity index is 0.000000143. The molecule has 0 bridgehead atoms. The van der Waals surface area contributed by atoms with Gasteiger partial charge in [0.05, 0.1) is 38.1 Å². The summed E-state index contributed by atoms with van der Waals surface area (Å²) in [5, 5.41) is 8.70. The molecule has 3 aliphatic rings. The van der Waals surface area contributed by atoms with Crippen LogP contribution in [0.3, 0.4) is 0 Å². The maximum absolute atomic E-state index is 8.70. The highest BCUT2D eigenvalue weighted by Gasteiger charge is 2.34. The molecule has 3 heterocycles. The van der Waals surface area contributed by atoms with Gasteiger partial charge in [0.1, 0.15) is 5.75 Å². The minimum Gasteiger partial charge on any atom is -0.508 e. The molecule has 0 radical (unpaired) electrons. The van der Waals surface area contributed by atoms with Crippen molar-refractivity contribution < 1.29 is 19.3 Å². The van der Waals surface area contributed by atoms with E-state index < -0.39 is 0 Å². The summed E-state index contributed by atoms with van der Waals surface area (Å²) < 4.78 is 15.7. The molecule has 0 saturated carbocycles. The van der Waals surface area contributed by atoms with E-state index in [9.17, 15) is 0 Å². The zero-order chi connectivity index (χ0) is 14.7. The molecule has 4 rings (SSSR count). The van der Waals surface area contributed by atoms with Crippen LogP contribution in [-0.4, -0.2) is 67.8 Å². The van der Waals surface area contributed by atoms with Gasteiger partial charge in [-0.25, -0.2) is 0 Å². The van der Waals surface area contributed by atoms with Gasteiger partial charge in [0.25, 0.3) is 0 Å². The molecule has 3 atom stereocenters. The lowest BCUT2D eigenvalue weighted by Gasteiger charge is -2.18. The summed E-state index contributed by atoms with van der Waals surface area (Å²) in [5.74, 6) is 0.249.